The van der Waals surface area contributed by atoms with Gasteiger partial charge in [0.2, 0.25) is 5.91 Å². The molecule has 0 unspecified atom stereocenters. The standard InChI is InChI=1S/C12H17N3O3/c1-2-5-15-11(16)4-7-14-10-8-9(12(17)18)3-6-13-10/h3,6,8H,2,4-5,7H2,1H3,(H,13,14)(H,15,16)(H,17,18). The molecule has 0 atom stereocenters. The zero-order chi connectivity index (χ0) is 13.4. The maximum absolute atomic E-state index is 11.3. The number of hydrogen-bond donors (Lipinski definition) is 3. The molecule has 0 saturated carbocycles. The lowest BCUT2D eigenvalue weighted by atomic mass is 10.2. The molecule has 0 aliphatic rings. The molecule has 1 heterocycles. The Balaban J connectivity index is 2.37. The van der Waals surface area contributed by atoms with E-state index in [0.717, 1.165) is 6.42 Å². The molecule has 3 N–H and O–H groups in total. The van der Waals surface area contributed by atoms with Gasteiger partial charge in [-0.15, -0.1) is 0 Å². The highest BCUT2D eigenvalue weighted by Gasteiger charge is 2.04. The van der Waals surface area contributed by atoms with Crippen LogP contribution in [0.1, 0.15) is 30.1 Å². The molecule has 0 bridgehead atoms. The Labute approximate surface area is 105 Å². The molecular weight excluding hydrogens is 234 g/mol. The van der Waals surface area contributed by atoms with Crippen LogP contribution >= 0.6 is 0 Å². The van der Waals surface area contributed by atoms with Gasteiger partial charge in [0.1, 0.15) is 5.82 Å². The van der Waals surface area contributed by atoms with E-state index in [9.17, 15) is 9.59 Å². The summed E-state index contributed by atoms with van der Waals surface area (Å²) in [6.45, 7) is 3.08. The van der Waals surface area contributed by atoms with E-state index in [1.54, 1.807) is 0 Å². The Kier molecular flexibility index (Phi) is 5.63. The molecule has 0 radical (unpaired) electrons. The summed E-state index contributed by atoms with van der Waals surface area (Å²) in [5.41, 5.74) is 0.169. The number of aromatic nitrogens is 1. The zero-order valence-corrected chi connectivity index (χ0v) is 10.3. The van der Waals surface area contributed by atoms with Crippen molar-refractivity contribution in [3.8, 4) is 0 Å². The van der Waals surface area contributed by atoms with Gasteiger partial charge in [-0.2, -0.15) is 0 Å². The van der Waals surface area contributed by atoms with Crippen LogP contribution < -0.4 is 10.6 Å². The Morgan fingerprint density at radius 1 is 1.39 bits per heavy atom. The quantitative estimate of drug-likeness (QED) is 0.675. The third-order valence-electron chi connectivity index (χ3n) is 2.24. The number of amides is 1. The number of anilines is 1. The van der Waals surface area contributed by atoms with E-state index in [1.165, 1.54) is 18.3 Å². The predicted octanol–water partition coefficient (Wildman–Crippen LogP) is 1.11. The number of carbonyl (C=O) groups is 2. The molecule has 1 amide bonds. The first-order valence-electron chi connectivity index (χ1n) is 5.83. The summed E-state index contributed by atoms with van der Waals surface area (Å²) >= 11 is 0. The van der Waals surface area contributed by atoms with E-state index in [2.05, 4.69) is 15.6 Å². The van der Waals surface area contributed by atoms with E-state index in [0.29, 0.717) is 25.3 Å². The third kappa shape index (κ3) is 4.82. The minimum atomic E-state index is -0.999. The number of carbonyl (C=O) groups excluding carboxylic acids is 1. The fourth-order valence-electron chi connectivity index (χ4n) is 1.32. The van der Waals surface area contributed by atoms with Crippen LogP contribution in [0.15, 0.2) is 18.3 Å². The Bertz CT molecular complexity index is 421. The van der Waals surface area contributed by atoms with Gasteiger partial charge in [0.25, 0.3) is 0 Å². The van der Waals surface area contributed by atoms with Crippen LogP contribution in [0.4, 0.5) is 5.82 Å². The molecule has 6 nitrogen and oxygen atoms in total. The minimum Gasteiger partial charge on any atom is -0.478 e. The predicted molar refractivity (Wildman–Crippen MR) is 67.6 cm³/mol. The van der Waals surface area contributed by atoms with Gasteiger partial charge in [0, 0.05) is 25.7 Å². The highest BCUT2D eigenvalue weighted by molar-refractivity contribution is 5.88. The lowest BCUT2D eigenvalue weighted by Gasteiger charge is -2.06. The monoisotopic (exact) mass is 251 g/mol. The van der Waals surface area contributed by atoms with Crippen LogP contribution in [-0.4, -0.2) is 35.1 Å². The fourth-order valence-corrected chi connectivity index (χ4v) is 1.32. The largest absolute Gasteiger partial charge is 0.478 e. The van der Waals surface area contributed by atoms with Crippen molar-refractivity contribution in [1.82, 2.24) is 10.3 Å². The first kappa shape index (κ1) is 14.0. The Hall–Kier alpha value is -2.11. The van der Waals surface area contributed by atoms with Crippen LogP contribution in [0.2, 0.25) is 0 Å². The summed E-state index contributed by atoms with van der Waals surface area (Å²) in [5, 5.41) is 14.5. The fraction of sp³-hybridized carbons (Fsp3) is 0.417. The third-order valence-corrected chi connectivity index (χ3v) is 2.24. The molecule has 0 aliphatic heterocycles. The van der Waals surface area contributed by atoms with Crippen LogP contribution in [0.3, 0.4) is 0 Å². The van der Waals surface area contributed by atoms with Gasteiger partial charge in [0.05, 0.1) is 5.56 Å². The van der Waals surface area contributed by atoms with Crippen molar-refractivity contribution in [3.63, 3.8) is 0 Å². The summed E-state index contributed by atoms with van der Waals surface area (Å²) in [6.07, 6.45) is 2.66. The Morgan fingerprint density at radius 2 is 2.17 bits per heavy atom. The number of nitrogens with zero attached hydrogens (tertiary/aromatic N) is 1. The summed E-state index contributed by atoms with van der Waals surface area (Å²) in [5.74, 6) is -0.571. The van der Waals surface area contributed by atoms with Gasteiger partial charge in [-0.3, -0.25) is 4.79 Å². The van der Waals surface area contributed by atoms with Crippen LogP contribution in [0.25, 0.3) is 0 Å². The molecule has 18 heavy (non-hydrogen) atoms. The van der Waals surface area contributed by atoms with Crippen molar-refractivity contribution in [3.05, 3.63) is 23.9 Å². The highest BCUT2D eigenvalue weighted by Crippen LogP contribution is 2.06. The average Bonchev–Trinajstić information content (AvgIpc) is 2.36. The Morgan fingerprint density at radius 3 is 2.83 bits per heavy atom. The molecule has 0 aliphatic carbocycles. The number of aromatic carboxylic acids is 1. The van der Waals surface area contributed by atoms with Gasteiger partial charge in [0.15, 0.2) is 0 Å². The van der Waals surface area contributed by atoms with Gasteiger partial charge in [-0.1, -0.05) is 6.92 Å². The number of carboxylic acids is 1. The molecule has 0 fully saturated rings. The van der Waals surface area contributed by atoms with Crippen molar-refractivity contribution in [2.45, 2.75) is 19.8 Å². The maximum Gasteiger partial charge on any atom is 0.335 e. The topological polar surface area (TPSA) is 91.3 Å². The normalized spacial score (nSPS) is 9.83. The number of rotatable bonds is 7. The summed E-state index contributed by atoms with van der Waals surface area (Å²) in [4.78, 5) is 26.0. The summed E-state index contributed by atoms with van der Waals surface area (Å²) < 4.78 is 0. The number of nitrogens with one attached hydrogen (secondary N) is 2. The minimum absolute atomic E-state index is 0.0289. The van der Waals surface area contributed by atoms with Crippen molar-refractivity contribution in [2.75, 3.05) is 18.4 Å². The zero-order valence-electron chi connectivity index (χ0n) is 10.3. The first-order chi connectivity index (χ1) is 8.63. The second-order valence-electron chi connectivity index (χ2n) is 3.76. The van der Waals surface area contributed by atoms with Gasteiger partial charge < -0.3 is 15.7 Å². The van der Waals surface area contributed by atoms with Crippen LogP contribution in [0, 0.1) is 0 Å². The average molecular weight is 251 g/mol. The maximum atomic E-state index is 11.3. The second kappa shape index (κ2) is 7.26. The lowest BCUT2D eigenvalue weighted by molar-refractivity contribution is -0.120. The smallest absolute Gasteiger partial charge is 0.335 e. The van der Waals surface area contributed by atoms with E-state index in [-0.39, 0.29) is 11.5 Å². The van der Waals surface area contributed by atoms with Gasteiger partial charge in [-0.25, -0.2) is 9.78 Å². The number of hydrogen-bond acceptors (Lipinski definition) is 4. The molecule has 98 valence electrons. The highest BCUT2D eigenvalue weighted by atomic mass is 16.4. The van der Waals surface area contributed by atoms with Crippen LogP contribution in [0.5, 0.6) is 0 Å². The van der Waals surface area contributed by atoms with Gasteiger partial charge >= 0.3 is 5.97 Å². The van der Waals surface area contributed by atoms with Crippen molar-refractivity contribution >= 4 is 17.7 Å². The van der Waals surface area contributed by atoms with E-state index in [4.69, 9.17) is 5.11 Å². The summed E-state index contributed by atoms with van der Waals surface area (Å²) in [6, 6.07) is 2.85. The second-order valence-corrected chi connectivity index (χ2v) is 3.76. The van der Waals surface area contributed by atoms with Crippen molar-refractivity contribution in [1.29, 1.82) is 0 Å². The molecule has 1 rings (SSSR count). The number of pyridine rings is 1. The van der Waals surface area contributed by atoms with E-state index < -0.39 is 5.97 Å². The van der Waals surface area contributed by atoms with Crippen molar-refractivity contribution < 1.29 is 14.7 Å². The number of carboxylic acid groups (broad SMARTS) is 1. The molecular formula is C12H17N3O3. The summed E-state index contributed by atoms with van der Waals surface area (Å²) in [7, 11) is 0. The van der Waals surface area contributed by atoms with Crippen molar-refractivity contribution in [2.24, 2.45) is 0 Å². The lowest BCUT2D eigenvalue weighted by Crippen LogP contribution is -2.26. The van der Waals surface area contributed by atoms with Gasteiger partial charge in [-0.05, 0) is 18.6 Å². The van der Waals surface area contributed by atoms with Crippen LogP contribution in [-0.2, 0) is 4.79 Å². The molecule has 0 aromatic carbocycles. The first-order valence-corrected chi connectivity index (χ1v) is 5.83. The molecule has 1 aromatic heterocycles. The van der Waals surface area contributed by atoms with E-state index in [1.807, 2.05) is 6.92 Å². The molecule has 1 aromatic rings. The molecule has 0 saturated heterocycles. The van der Waals surface area contributed by atoms with E-state index >= 15 is 0 Å². The molecule has 6 heteroatoms. The SMILES string of the molecule is CCCNC(=O)CCNc1cc(C(=O)O)ccn1. The molecule has 0 spiro atoms.